The number of rotatable bonds is 1. The quantitative estimate of drug-likeness (QED) is 0.611. The Labute approximate surface area is 113 Å². The minimum atomic E-state index is -0.487. The van der Waals surface area contributed by atoms with E-state index >= 15 is 0 Å². The van der Waals surface area contributed by atoms with Gasteiger partial charge in [-0.1, -0.05) is 6.07 Å². The van der Waals surface area contributed by atoms with Crippen LogP contribution in [0.3, 0.4) is 0 Å². The summed E-state index contributed by atoms with van der Waals surface area (Å²) in [6.45, 7) is 8.24. The summed E-state index contributed by atoms with van der Waals surface area (Å²) in [7, 11) is -0.487. The third kappa shape index (κ3) is 1.78. The highest BCUT2D eigenvalue weighted by Gasteiger charge is 2.52. The summed E-state index contributed by atoms with van der Waals surface area (Å²) in [4.78, 5) is 0. The van der Waals surface area contributed by atoms with E-state index in [-0.39, 0.29) is 18.0 Å². The molecule has 0 unspecified atom stereocenters. The molecule has 0 spiro atoms. The molecule has 2 N–H and O–H groups in total. The fourth-order valence-corrected chi connectivity index (χ4v) is 2.18. The molecule has 6 heteroatoms. The second-order valence-corrected chi connectivity index (χ2v) is 5.89. The lowest BCUT2D eigenvalue weighted by Gasteiger charge is -2.32. The zero-order chi connectivity index (χ0) is 13.8. The molecule has 2 aliphatic heterocycles. The van der Waals surface area contributed by atoms with Gasteiger partial charge in [-0.3, -0.25) is 0 Å². The Balaban J connectivity index is 1.97. The summed E-state index contributed by atoms with van der Waals surface area (Å²) in [5.74, 6) is 1.24. The van der Waals surface area contributed by atoms with Crippen LogP contribution >= 0.6 is 0 Å². The molecule has 0 amide bonds. The number of benzene rings is 1. The van der Waals surface area contributed by atoms with E-state index in [2.05, 4.69) is 0 Å². The summed E-state index contributed by atoms with van der Waals surface area (Å²) in [5, 5.41) is 0. The molecular weight excluding hydrogens is 245 g/mol. The van der Waals surface area contributed by atoms with Gasteiger partial charge >= 0.3 is 7.12 Å². The smallest absolute Gasteiger partial charge is 0.454 e. The van der Waals surface area contributed by atoms with Crippen LogP contribution in [0.2, 0.25) is 0 Å². The third-order valence-corrected chi connectivity index (χ3v) is 4.12. The Bertz CT molecular complexity index is 514. The lowest BCUT2D eigenvalue weighted by Crippen LogP contribution is -2.41. The first kappa shape index (κ1) is 12.6. The minimum Gasteiger partial charge on any atom is -0.454 e. The third-order valence-electron chi connectivity index (χ3n) is 4.12. The van der Waals surface area contributed by atoms with Crippen LogP contribution in [0.1, 0.15) is 27.7 Å². The average Bonchev–Trinajstić information content (AvgIpc) is 2.83. The van der Waals surface area contributed by atoms with E-state index in [4.69, 9.17) is 24.5 Å². The summed E-state index contributed by atoms with van der Waals surface area (Å²) in [6, 6.07) is 3.70. The van der Waals surface area contributed by atoms with Crippen molar-refractivity contribution in [2.24, 2.45) is 0 Å². The van der Waals surface area contributed by atoms with Crippen LogP contribution in [-0.2, 0) is 9.31 Å². The zero-order valence-corrected chi connectivity index (χ0v) is 11.6. The molecule has 2 aliphatic rings. The predicted molar refractivity (Wildman–Crippen MR) is 72.7 cm³/mol. The first-order chi connectivity index (χ1) is 8.82. The normalized spacial score (nSPS) is 22.8. The lowest BCUT2D eigenvalue weighted by molar-refractivity contribution is 0.00578. The van der Waals surface area contributed by atoms with Gasteiger partial charge in [0.15, 0.2) is 11.5 Å². The second kappa shape index (κ2) is 3.80. The van der Waals surface area contributed by atoms with Gasteiger partial charge < -0.3 is 24.5 Å². The van der Waals surface area contributed by atoms with E-state index in [0.717, 1.165) is 5.46 Å². The lowest BCUT2D eigenvalue weighted by atomic mass is 9.77. The Morgan fingerprint density at radius 3 is 2.32 bits per heavy atom. The highest BCUT2D eigenvalue weighted by molar-refractivity contribution is 6.64. The van der Waals surface area contributed by atoms with Crippen molar-refractivity contribution in [2.75, 3.05) is 12.5 Å². The van der Waals surface area contributed by atoms with Crippen molar-refractivity contribution in [1.82, 2.24) is 0 Å². The monoisotopic (exact) mass is 263 g/mol. The van der Waals surface area contributed by atoms with Gasteiger partial charge in [-0.05, 0) is 33.8 Å². The molecule has 1 aromatic rings. The molecule has 1 fully saturated rings. The van der Waals surface area contributed by atoms with Gasteiger partial charge in [-0.25, -0.2) is 0 Å². The van der Waals surface area contributed by atoms with Gasteiger partial charge in [0.05, 0.1) is 16.9 Å². The molecule has 0 aliphatic carbocycles. The predicted octanol–water partition coefficient (Wildman–Crippen LogP) is 1.30. The van der Waals surface area contributed by atoms with Crippen LogP contribution in [0.4, 0.5) is 5.69 Å². The van der Waals surface area contributed by atoms with Gasteiger partial charge in [0, 0.05) is 5.46 Å². The number of fused-ring (bicyclic) bond motifs is 1. The van der Waals surface area contributed by atoms with Crippen molar-refractivity contribution in [1.29, 1.82) is 0 Å². The summed E-state index contributed by atoms with van der Waals surface area (Å²) in [5.41, 5.74) is 6.65. The maximum absolute atomic E-state index is 6.13. The number of hydrogen-bond acceptors (Lipinski definition) is 5. The Hall–Kier alpha value is -1.40. The van der Waals surface area contributed by atoms with Crippen LogP contribution in [0.25, 0.3) is 0 Å². The molecular formula is C13H18BNO4. The van der Waals surface area contributed by atoms with E-state index in [1.54, 1.807) is 0 Å². The number of anilines is 1. The Morgan fingerprint density at radius 1 is 1.05 bits per heavy atom. The van der Waals surface area contributed by atoms with Crippen molar-refractivity contribution in [2.45, 2.75) is 38.9 Å². The van der Waals surface area contributed by atoms with Crippen molar-refractivity contribution >= 4 is 18.3 Å². The van der Waals surface area contributed by atoms with Gasteiger partial charge in [0.25, 0.3) is 0 Å². The molecule has 0 saturated carbocycles. The zero-order valence-electron chi connectivity index (χ0n) is 11.6. The number of nitrogen functional groups attached to an aromatic ring is 1. The first-order valence-electron chi connectivity index (χ1n) is 6.35. The molecule has 102 valence electrons. The Morgan fingerprint density at radius 2 is 1.68 bits per heavy atom. The van der Waals surface area contributed by atoms with Crippen LogP contribution in [0, 0.1) is 0 Å². The van der Waals surface area contributed by atoms with Crippen molar-refractivity contribution < 1.29 is 18.8 Å². The van der Waals surface area contributed by atoms with E-state index in [1.165, 1.54) is 0 Å². The Kier molecular flexibility index (Phi) is 2.53. The maximum Gasteiger partial charge on any atom is 0.497 e. The molecule has 0 radical (unpaired) electrons. The fraction of sp³-hybridized carbons (Fsp3) is 0.538. The average molecular weight is 263 g/mol. The van der Waals surface area contributed by atoms with E-state index < -0.39 is 7.12 Å². The van der Waals surface area contributed by atoms with Gasteiger partial charge in [-0.15, -0.1) is 0 Å². The summed E-state index contributed by atoms with van der Waals surface area (Å²) in [6.07, 6.45) is 0. The van der Waals surface area contributed by atoms with Gasteiger partial charge in [0.2, 0.25) is 6.79 Å². The summed E-state index contributed by atoms with van der Waals surface area (Å²) < 4.78 is 22.7. The van der Waals surface area contributed by atoms with E-state index in [1.807, 2.05) is 39.8 Å². The van der Waals surface area contributed by atoms with Crippen LogP contribution in [-0.4, -0.2) is 25.1 Å². The molecule has 3 rings (SSSR count). The van der Waals surface area contributed by atoms with Crippen molar-refractivity contribution in [3.8, 4) is 11.5 Å². The molecule has 0 atom stereocenters. The van der Waals surface area contributed by atoms with Gasteiger partial charge in [-0.2, -0.15) is 0 Å². The second-order valence-electron chi connectivity index (χ2n) is 5.89. The molecule has 0 aromatic heterocycles. The fourth-order valence-electron chi connectivity index (χ4n) is 2.18. The van der Waals surface area contributed by atoms with Crippen LogP contribution < -0.4 is 20.7 Å². The van der Waals surface area contributed by atoms with Crippen LogP contribution in [0.15, 0.2) is 12.1 Å². The standard InChI is InChI=1S/C13H18BNO4/c1-12(2)13(3,4)19-14(18-12)8-5-6-9-11(10(8)15)17-7-16-9/h5-6H,7,15H2,1-4H3. The largest absolute Gasteiger partial charge is 0.497 e. The van der Waals surface area contributed by atoms with E-state index in [0.29, 0.717) is 17.2 Å². The topological polar surface area (TPSA) is 62.9 Å². The first-order valence-corrected chi connectivity index (χ1v) is 6.35. The number of hydrogen-bond donors (Lipinski definition) is 1. The molecule has 5 nitrogen and oxygen atoms in total. The van der Waals surface area contributed by atoms with Crippen molar-refractivity contribution in [3.05, 3.63) is 12.1 Å². The highest BCUT2D eigenvalue weighted by atomic mass is 16.7. The van der Waals surface area contributed by atoms with Crippen molar-refractivity contribution in [3.63, 3.8) is 0 Å². The molecule has 0 bridgehead atoms. The molecule has 19 heavy (non-hydrogen) atoms. The SMILES string of the molecule is CC1(C)OB(c2ccc3c(c2N)OCO3)OC1(C)C. The van der Waals surface area contributed by atoms with E-state index in [9.17, 15) is 0 Å². The summed E-state index contributed by atoms with van der Waals surface area (Å²) >= 11 is 0. The minimum absolute atomic E-state index is 0.201. The van der Waals surface area contributed by atoms with Crippen LogP contribution in [0.5, 0.6) is 11.5 Å². The molecule has 1 saturated heterocycles. The molecule has 2 heterocycles. The number of ether oxygens (including phenoxy) is 2. The van der Waals surface area contributed by atoms with Gasteiger partial charge in [0.1, 0.15) is 0 Å². The molecule has 1 aromatic carbocycles. The number of nitrogens with two attached hydrogens (primary N) is 1. The highest BCUT2D eigenvalue weighted by Crippen LogP contribution is 2.40. The maximum atomic E-state index is 6.13.